The third kappa shape index (κ3) is 4.42. The first-order chi connectivity index (χ1) is 14.3. The zero-order valence-electron chi connectivity index (χ0n) is 16.1. The number of nitrogens with one attached hydrogen (secondary N) is 1. The molecule has 0 saturated carbocycles. The maximum Gasteiger partial charge on any atom is 0.341 e. The van der Waals surface area contributed by atoms with Crippen LogP contribution < -0.4 is 5.32 Å². The highest BCUT2D eigenvalue weighted by atomic mass is 79.9. The molecule has 7 nitrogen and oxygen atoms in total. The lowest BCUT2D eigenvalue weighted by Crippen LogP contribution is -2.16. The number of anilines is 1. The van der Waals surface area contributed by atoms with Crippen molar-refractivity contribution in [3.63, 3.8) is 0 Å². The summed E-state index contributed by atoms with van der Waals surface area (Å²) in [5.74, 6) is -1.09. The Morgan fingerprint density at radius 1 is 1.20 bits per heavy atom. The summed E-state index contributed by atoms with van der Waals surface area (Å²) in [5.41, 5.74) is 1.96. The van der Waals surface area contributed by atoms with Crippen LogP contribution in [0.5, 0.6) is 0 Å². The molecule has 0 radical (unpaired) electrons. The van der Waals surface area contributed by atoms with E-state index in [0.717, 1.165) is 10.0 Å². The summed E-state index contributed by atoms with van der Waals surface area (Å²) in [6.07, 6.45) is 0. The van der Waals surface area contributed by atoms with Gasteiger partial charge >= 0.3 is 5.97 Å². The Kier molecular flexibility index (Phi) is 6.63. The van der Waals surface area contributed by atoms with E-state index in [9.17, 15) is 19.7 Å². The maximum atomic E-state index is 12.8. The van der Waals surface area contributed by atoms with Crippen LogP contribution in [0.1, 0.15) is 33.2 Å². The molecule has 1 aromatic heterocycles. The normalized spacial score (nSPS) is 10.5. The number of nitrogens with zero attached hydrogens (tertiary/aromatic N) is 1. The Morgan fingerprint density at radius 2 is 1.90 bits per heavy atom. The average molecular weight is 489 g/mol. The van der Waals surface area contributed by atoms with E-state index in [0.29, 0.717) is 10.6 Å². The monoisotopic (exact) mass is 488 g/mol. The van der Waals surface area contributed by atoms with Crippen molar-refractivity contribution in [2.45, 2.75) is 13.8 Å². The van der Waals surface area contributed by atoms with Crippen molar-refractivity contribution < 1.29 is 19.2 Å². The van der Waals surface area contributed by atoms with Crippen LogP contribution in [0.15, 0.2) is 52.3 Å². The third-order valence-electron chi connectivity index (χ3n) is 4.40. The highest BCUT2D eigenvalue weighted by molar-refractivity contribution is 9.10. The number of hydrogen-bond donors (Lipinski definition) is 1. The van der Waals surface area contributed by atoms with Crippen LogP contribution >= 0.6 is 27.3 Å². The number of amides is 1. The molecule has 0 saturated heterocycles. The molecule has 0 aliphatic rings. The van der Waals surface area contributed by atoms with Gasteiger partial charge in [-0.2, -0.15) is 0 Å². The van der Waals surface area contributed by atoms with Gasteiger partial charge in [0.1, 0.15) is 10.6 Å². The van der Waals surface area contributed by atoms with Crippen LogP contribution in [0.2, 0.25) is 0 Å². The number of esters is 1. The number of thiophene rings is 1. The fraction of sp³-hybridized carbons (Fsp3) is 0.143. The molecule has 0 fully saturated rings. The molecule has 30 heavy (non-hydrogen) atoms. The minimum absolute atomic E-state index is 0.144. The highest BCUT2D eigenvalue weighted by Crippen LogP contribution is 2.37. The molecule has 3 aromatic rings. The van der Waals surface area contributed by atoms with E-state index in [1.54, 1.807) is 12.3 Å². The van der Waals surface area contributed by atoms with Crippen molar-refractivity contribution in [3.8, 4) is 11.1 Å². The number of hydrogen-bond acceptors (Lipinski definition) is 6. The van der Waals surface area contributed by atoms with Crippen LogP contribution in [0.4, 0.5) is 10.7 Å². The lowest BCUT2D eigenvalue weighted by molar-refractivity contribution is -0.385. The molecule has 3 rings (SSSR count). The van der Waals surface area contributed by atoms with Gasteiger partial charge in [-0.05, 0) is 37.6 Å². The van der Waals surface area contributed by atoms with E-state index in [1.165, 1.54) is 36.5 Å². The van der Waals surface area contributed by atoms with E-state index >= 15 is 0 Å². The number of nitro benzene ring substituents is 1. The first-order valence-electron chi connectivity index (χ1n) is 8.93. The summed E-state index contributed by atoms with van der Waals surface area (Å²) < 4.78 is 6.09. The largest absolute Gasteiger partial charge is 0.462 e. The predicted molar refractivity (Wildman–Crippen MR) is 119 cm³/mol. The Labute approximate surface area is 185 Å². The number of ether oxygens (including phenoxy) is 1. The van der Waals surface area contributed by atoms with Crippen molar-refractivity contribution in [2.75, 3.05) is 11.9 Å². The van der Waals surface area contributed by atoms with E-state index in [2.05, 4.69) is 21.2 Å². The summed E-state index contributed by atoms with van der Waals surface area (Å²) in [7, 11) is 0. The van der Waals surface area contributed by atoms with Gasteiger partial charge < -0.3 is 10.1 Å². The van der Waals surface area contributed by atoms with Gasteiger partial charge in [-0.3, -0.25) is 14.9 Å². The van der Waals surface area contributed by atoms with E-state index in [4.69, 9.17) is 4.74 Å². The maximum absolute atomic E-state index is 12.8. The van der Waals surface area contributed by atoms with E-state index in [-0.39, 0.29) is 29.0 Å². The Hall–Kier alpha value is -3.04. The first kappa shape index (κ1) is 21.7. The molecule has 0 aliphatic carbocycles. The standard InChI is InChI=1S/C21H17BrN2O5S/c1-3-29-21(26)18-16(13-7-9-14(22)10-8-13)11-30-20(18)23-19(25)15-5-4-6-17(12(15)2)24(27)28/h4-11H,3H2,1-2H3,(H,23,25). The Morgan fingerprint density at radius 3 is 2.53 bits per heavy atom. The van der Waals surface area contributed by atoms with Crippen molar-refractivity contribution in [2.24, 2.45) is 0 Å². The molecule has 154 valence electrons. The fourth-order valence-electron chi connectivity index (χ4n) is 2.94. The van der Waals surface area contributed by atoms with E-state index in [1.807, 2.05) is 24.3 Å². The zero-order valence-corrected chi connectivity index (χ0v) is 18.5. The van der Waals surface area contributed by atoms with Crippen LogP contribution in [0.3, 0.4) is 0 Å². The van der Waals surface area contributed by atoms with Crippen LogP contribution in [-0.4, -0.2) is 23.4 Å². The zero-order chi connectivity index (χ0) is 21.8. The average Bonchev–Trinajstić information content (AvgIpc) is 3.12. The van der Waals surface area contributed by atoms with Gasteiger partial charge in [0.2, 0.25) is 0 Å². The highest BCUT2D eigenvalue weighted by Gasteiger charge is 2.24. The quantitative estimate of drug-likeness (QED) is 0.267. The summed E-state index contributed by atoms with van der Waals surface area (Å²) in [6, 6.07) is 11.7. The Bertz CT molecular complexity index is 1120. The minimum atomic E-state index is -0.553. The molecule has 0 aliphatic heterocycles. The molecule has 0 unspecified atom stereocenters. The van der Waals surface area contributed by atoms with Gasteiger partial charge in [0.15, 0.2) is 0 Å². The van der Waals surface area contributed by atoms with Crippen molar-refractivity contribution in [1.82, 2.24) is 0 Å². The molecular weight excluding hydrogens is 472 g/mol. The lowest BCUT2D eigenvalue weighted by atomic mass is 10.0. The fourth-order valence-corrected chi connectivity index (χ4v) is 4.15. The Balaban J connectivity index is 2.01. The van der Waals surface area contributed by atoms with Crippen LogP contribution in [0.25, 0.3) is 11.1 Å². The summed E-state index contributed by atoms with van der Waals surface area (Å²) in [6.45, 7) is 3.40. The summed E-state index contributed by atoms with van der Waals surface area (Å²) in [5, 5.41) is 16.0. The van der Waals surface area contributed by atoms with Gasteiger partial charge in [0.25, 0.3) is 11.6 Å². The predicted octanol–water partition coefficient (Wildman–Crippen LogP) is 5.82. The van der Waals surface area contributed by atoms with E-state index < -0.39 is 16.8 Å². The molecule has 9 heteroatoms. The summed E-state index contributed by atoms with van der Waals surface area (Å²) in [4.78, 5) is 36.1. The third-order valence-corrected chi connectivity index (χ3v) is 5.82. The first-order valence-corrected chi connectivity index (χ1v) is 10.6. The van der Waals surface area contributed by atoms with Crippen molar-refractivity contribution >= 4 is 49.8 Å². The molecule has 0 bridgehead atoms. The number of halogens is 1. The molecule has 1 N–H and O–H groups in total. The molecular formula is C21H17BrN2O5S. The SMILES string of the molecule is CCOC(=O)c1c(-c2ccc(Br)cc2)csc1NC(=O)c1cccc([N+](=O)[O-])c1C. The summed E-state index contributed by atoms with van der Waals surface area (Å²) >= 11 is 4.57. The van der Waals surface area contributed by atoms with Crippen molar-refractivity contribution in [3.05, 3.63) is 79.1 Å². The van der Waals surface area contributed by atoms with Crippen LogP contribution in [-0.2, 0) is 4.74 Å². The lowest BCUT2D eigenvalue weighted by Gasteiger charge is -2.10. The molecule has 0 spiro atoms. The molecule has 2 aromatic carbocycles. The molecule has 1 heterocycles. The van der Waals surface area contributed by atoms with Crippen LogP contribution in [0, 0.1) is 17.0 Å². The number of benzene rings is 2. The van der Waals surface area contributed by atoms with Gasteiger partial charge in [0.05, 0.1) is 11.5 Å². The smallest absolute Gasteiger partial charge is 0.341 e. The van der Waals surface area contributed by atoms with Gasteiger partial charge in [-0.15, -0.1) is 11.3 Å². The molecule has 1 amide bonds. The second-order valence-corrected chi connectivity index (χ2v) is 8.04. The van der Waals surface area contributed by atoms with Gasteiger partial charge in [-0.1, -0.05) is 34.1 Å². The number of rotatable bonds is 6. The number of nitro groups is 1. The second-order valence-electron chi connectivity index (χ2n) is 6.24. The van der Waals surface area contributed by atoms with Gasteiger partial charge in [0, 0.05) is 32.6 Å². The second kappa shape index (κ2) is 9.19. The number of carbonyl (C=O) groups excluding carboxylic acids is 2. The topological polar surface area (TPSA) is 98.5 Å². The minimum Gasteiger partial charge on any atom is -0.462 e. The van der Waals surface area contributed by atoms with Gasteiger partial charge in [-0.25, -0.2) is 4.79 Å². The number of carbonyl (C=O) groups is 2. The van der Waals surface area contributed by atoms with Crippen molar-refractivity contribution in [1.29, 1.82) is 0 Å². The molecule has 0 atom stereocenters.